The molecule has 4 atom stereocenters. The number of primary amides is 2. The molecule has 0 aliphatic rings. The highest BCUT2D eigenvalue weighted by Gasteiger charge is 2.32. The molecule has 11 N–H and O–H groups in total. The Morgan fingerprint density at radius 1 is 0.897 bits per heavy atom. The summed E-state index contributed by atoms with van der Waals surface area (Å²) in [5.74, 6) is -5.21. The van der Waals surface area contributed by atoms with Crippen LogP contribution in [0.25, 0.3) is 10.9 Å². The van der Waals surface area contributed by atoms with Gasteiger partial charge in [0.05, 0.1) is 18.9 Å². The van der Waals surface area contributed by atoms with Crippen molar-refractivity contribution in [3.8, 4) is 0 Å². The topological polar surface area (TPSA) is 253 Å². The van der Waals surface area contributed by atoms with E-state index in [0.717, 1.165) is 10.9 Å². The zero-order valence-electron chi connectivity index (χ0n) is 21.3. The molecule has 0 saturated heterocycles. The van der Waals surface area contributed by atoms with Gasteiger partial charge in [0.25, 0.3) is 0 Å². The maximum absolute atomic E-state index is 13.3. The van der Waals surface area contributed by atoms with Crippen molar-refractivity contribution in [2.24, 2.45) is 17.2 Å². The quantitative estimate of drug-likeness (QED) is 0.113. The fourth-order valence-corrected chi connectivity index (χ4v) is 4.24. The predicted octanol–water partition coefficient (Wildman–Crippen LogP) is -1.92. The number of fused-ring (bicyclic) bond motifs is 1. The Hall–Kier alpha value is -4.11. The minimum absolute atomic E-state index is 0.0467. The van der Waals surface area contributed by atoms with Crippen molar-refractivity contribution in [3.05, 3.63) is 36.0 Å². The number of amides is 5. The lowest BCUT2D eigenvalue weighted by Gasteiger charge is -2.24. The number of carboxylic acid groups (broad SMARTS) is 1. The molecular formula is C24H33N7O7S. The highest BCUT2D eigenvalue weighted by Crippen LogP contribution is 2.19. The number of aliphatic carboxylic acids is 1. The van der Waals surface area contributed by atoms with Crippen LogP contribution in [-0.4, -0.2) is 81.8 Å². The maximum atomic E-state index is 13.3. The first-order valence-corrected chi connectivity index (χ1v) is 13.3. The molecular weight excluding hydrogens is 530 g/mol. The predicted molar refractivity (Wildman–Crippen MR) is 144 cm³/mol. The smallest absolute Gasteiger partial charge is 0.326 e. The number of aromatic amines is 1. The Balaban J connectivity index is 2.32. The van der Waals surface area contributed by atoms with Crippen LogP contribution in [0.4, 0.5) is 0 Å². The van der Waals surface area contributed by atoms with Gasteiger partial charge in [0.1, 0.15) is 18.1 Å². The van der Waals surface area contributed by atoms with Gasteiger partial charge in [-0.15, -0.1) is 0 Å². The van der Waals surface area contributed by atoms with Gasteiger partial charge in [-0.05, 0) is 30.1 Å². The molecule has 2 aromatic rings. The second kappa shape index (κ2) is 14.7. The van der Waals surface area contributed by atoms with Crippen LogP contribution in [-0.2, 0) is 35.2 Å². The standard InChI is InChI=1S/C24H33N7O7S/c1-39-7-6-16(24(37)38)29-22(35)17(8-12-11-28-15-5-3-2-4-13(12)15)31-23(36)18(10-20(27)33)30-21(34)14(25)9-19(26)32/h2-5,11,14,16-18,28H,6-10,25H2,1H3,(H2,26,32)(H2,27,33)(H,29,35)(H,30,34)(H,31,36)(H,37,38). The Kier molecular flexibility index (Phi) is 11.7. The van der Waals surface area contributed by atoms with Gasteiger partial charge in [0.15, 0.2) is 0 Å². The highest BCUT2D eigenvalue weighted by molar-refractivity contribution is 7.98. The zero-order chi connectivity index (χ0) is 29.1. The molecule has 14 nitrogen and oxygen atoms in total. The number of nitrogens with two attached hydrogens (primary N) is 3. The van der Waals surface area contributed by atoms with Crippen molar-refractivity contribution in [1.29, 1.82) is 0 Å². The van der Waals surface area contributed by atoms with E-state index in [-0.39, 0.29) is 12.8 Å². The lowest BCUT2D eigenvalue weighted by Crippen LogP contribution is -2.58. The van der Waals surface area contributed by atoms with E-state index in [1.165, 1.54) is 11.8 Å². The monoisotopic (exact) mass is 563 g/mol. The maximum Gasteiger partial charge on any atom is 0.326 e. The fourth-order valence-electron chi connectivity index (χ4n) is 3.77. The van der Waals surface area contributed by atoms with Crippen LogP contribution in [0.15, 0.2) is 30.5 Å². The van der Waals surface area contributed by atoms with Gasteiger partial charge in [-0.1, -0.05) is 18.2 Å². The minimum Gasteiger partial charge on any atom is -0.480 e. The summed E-state index contributed by atoms with van der Waals surface area (Å²) >= 11 is 1.41. The average molecular weight is 564 g/mol. The number of carbonyl (C=O) groups excluding carboxylic acids is 5. The van der Waals surface area contributed by atoms with Crippen molar-refractivity contribution in [2.75, 3.05) is 12.0 Å². The molecule has 5 amide bonds. The number of benzene rings is 1. The number of hydrogen-bond donors (Lipinski definition) is 8. The van der Waals surface area contributed by atoms with Crippen LogP contribution in [0.5, 0.6) is 0 Å². The first-order valence-electron chi connectivity index (χ1n) is 11.9. The van der Waals surface area contributed by atoms with E-state index in [0.29, 0.717) is 11.3 Å². The molecule has 1 heterocycles. The van der Waals surface area contributed by atoms with Crippen LogP contribution in [0.3, 0.4) is 0 Å². The van der Waals surface area contributed by atoms with Crippen LogP contribution < -0.4 is 33.2 Å². The first-order chi connectivity index (χ1) is 18.4. The lowest BCUT2D eigenvalue weighted by molar-refractivity contribution is -0.142. The lowest BCUT2D eigenvalue weighted by atomic mass is 10.0. The Bertz CT molecular complexity index is 1220. The summed E-state index contributed by atoms with van der Waals surface area (Å²) in [6, 6.07) is 1.83. The molecule has 0 aliphatic heterocycles. The molecule has 39 heavy (non-hydrogen) atoms. The summed E-state index contributed by atoms with van der Waals surface area (Å²) < 4.78 is 0. The van der Waals surface area contributed by atoms with Gasteiger partial charge in [-0.3, -0.25) is 24.0 Å². The summed E-state index contributed by atoms with van der Waals surface area (Å²) in [7, 11) is 0. The summed E-state index contributed by atoms with van der Waals surface area (Å²) in [5.41, 5.74) is 17.4. The summed E-state index contributed by atoms with van der Waals surface area (Å²) in [4.78, 5) is 76.3. The number of carboxylic acids is 1. The molecule has 0 radical (unpaired) electrons. The summed E-state index contributed by atoms with van der Waals surface area (Å²) in [6.07, 6.45) is 2.42. The number of hydrogen-bond acceptors (Lipinski definition) is 8. The molecule has 0 spiro atoms. The largest absolute Gasteiger partial charge is 0.480 e. The Morgan fingerprint density at radius 2 is 1.49 bits per heavy atom. The van der Waals surface area contributed by atoms with Crippen molar-refractivity contribution >= 4 is 58.2 Å². The number of carbonyl (C=O) groups is 6. The molecule has 0 aliphatic carbocycles. The number of nitrogens with one attached hydrogen (secondary N) is 4. The van der Waals surface area contributed by atoms with E-state index in [1.807, 2.05) is 18.2 Å². The molecule has 0 bridgehead atoms. The Labute approximate surface area is 228 Å². The minimum atomic E-state index is -1.53. The van der Waals surface area contributed by atoms with Gasteiger partial charge in [-0.2, -0.15) is 11.8 Å². The first kappa shape index (κ1) is 31.1. The summed E-state index contributed by atoms with van der Waals surface area (Å²) in [5, 5.41) is 17.5. The number of rotatable bonds is 16. The highest BCUT2D eigenvalue weighted by atomic mass is 32.2. The van der Waals surface area contributed by atoms with Crippen molar-refractivity contribution in [2.45, 2.75) is 49.9 Å². The second-order valence-electron chi connectivity index (χ2n) is 8.81. The molecule has 0 saturated carbocycles. The van der Waals surface area contributed by atoms with Crippen molar-refractivity contribution in [3.63, 3.8) is 0 Å². The molecule has 2 rings (SSSR count). The van der Waals surface area contributed by atoms with Crippen molar-refractivity contribution < 1.29 is 33.9 Å². The normalized spacial score (nSPS) is 14.0. The SMILES string of the molecule is CSCCC(NC(=O)C(Cc1c[nH]c2ccccc12)NC(=O)C(CC(N)=O)NC(=O)C(N)CC(N)=O)C(=O)O. The third-order valence-corrected chi connectivity index (χ3v) is 6.40. The molecule has 15 heteroatoms. The fraction of sp³-hybridized carbons (Fsp3) is 0.417. The van der Waals surface area contributed by atoms with Crippen LogP contribution in [0.2, 0.25) is 0 Å². The number of aromatic nitrogens is 1. The van der Waals surface area contributed by atoms with Gasteiger partial charge in [0, 0.05) is 23.5 Å². The van der Waals surface area contributed by atoms with Gasteiger partial charge < -0.3 is 43.2 Å². The third-order valence-electron chi connectivity index (χ3n) is 5.75. The van der Waals surface area contributed by atoms with Crippen molar-refractivity contribution in [1.82, 2.24) is 20.9 Å². The molecule has 1 aromatic heterocycles. The van der Waals surface area contributed by atoms with Crippen LogP contribution in [0, 0.1) is 0 Å². The number of para-hydroxylation sites is 1. The third kappa shape index (κ3) is 9.61. The van der Waals surface area contributed by atoms with E-state index < -0.39 is 72.5 Å². The van der Waals surface area contributed by atoms with Gasteiger partial charge in [0.2, 0.25) is 29.5 Å². The zero-order valence-corrected chi connectivity index (χ0v) is 22.1. The van der Waals surface area contributed by atoms with Gasteiger partial charge in [-0.25, -0.2) is 4.79 Å². The average Bonchev–Trinajstić information content (AvgIpc) is 3.27. The van der Waals surface area contributed by atoms with E-state index in [9.17, 15) is 33.9 Å². The van der Waals surface area contributed by atoms with E-state index in [2.05, 4.69) is 20.9 Å². The Morgan fingerprint density at radius 3 is 2.10 bits per heavy atom. The molecule has 0 fully saturated rings. The molecule has 1 aromatic carbocycles. The van der Waals surface area contributed by atoms with Crippen LogP contribution in [0.1, 0.15) is 24.8 Å². The van der Waals surface area contributed by atoms with E-state index in [1.54, 1.807) is 18.5 Å². The number of thioether (sulfide) groups is 1. The number of H-pyrrole nitrogens is 1. The molecule has 4 unspecified atom stereocenters. The van der Waals surface area contributed by atoms with E-state index >= 15 is 0 Å². The summed E-state index contributed by atoms with van der Waals surface area (Å²) in [6.45, 7) is 0. The van der Waals surface area contributed by atoms with Gasteiger partial charge >= 0.3 is 5.97 Å². The van der Waals surface area contributed by atoms with Crippen LogP contribution >= 0.6 is 11.8 Å². The molecule has 212 valence electrons. The second-order valence-corrected chi connectivity index (χ2v) is 9.80. The van der Waals surface area contributed by atoms with E-state index in [4.69, 9.17) is 17.2 Å².